The lowest BCUT2D eigenvalue weighted by Crippen LogP contribution is -2.47. The molecule has 3 rings (SSSR count). The van der Waals surface area contributed by atoms with Crippen LogP contribution in [0.4, 0.5) is 0 Å². The van der Waals surface area contributed by atoms with Gasteiger partial charge in [0.15, 0.2) is 5.76 Å². The lowest BCUT2D eigenvalue weighted by atomic mass is 10.0. The van der Waals surface area contributed by atoms with Gasteiger partial charge in [-0.15, -0.1) is 0 Å². The van der Waals surface area contributed by atoms with Crippen molar-refractivity contribution in [2.24, 2.45) is 0 Å². The predicted molar refractivity (Wildman–Crippen MR) is 101 cm³/mol. The highest BCUT2D eigenvalue weighted by Gasteiger charge is 2.34. The van der Waals surface area contributed by atoms with Gasteiger partial charge < -0.3 is 19.4 Å². The van der Waals surface area contributed by atoms with E-state index >= 15 is 0 Å². The minimum atomic E-state index is -0.737. The summed E-state index contributed by atoms with van der Waals surface area (Å²) in [5, 5.41) is 3.13. The van der Waals surface area contributed by atoms with Crippen LogP contribution in [0.3, 0.4) is 0 Å². The fraction of sp³-hybridized carbons (Fsp3) is 0.429. The van der Waals surface area contributed by atoms with E-state index in [2.05, 4.69) is 5.32 Å². The molecule has 0 bridgehead atoms. The fourth-order valence-corrected chi connectivity index (χ4v) is 3.54. The molecule has 6 heteroatoms. The van der Waals surface area contributed by atoms with E-state index in [0.29, 0.717) is 6.61 Å². The number of rotatable bonds is 8. The zero-order chi connectivity index (χ0) is 19.1. The molecule has 2 amide bonds. The molecular formula is C21H26N2O4. The van der Waals surface area contributed by atoms with Gasteiger partial charge in [-0.2, -0.15) is 0 Å². The Labute approximate surface area is 159 Å². The monoisotopic (exact) mass is 370 g/mol. The topological polar surface area (TPSA) is 71.8 Å². The van der Waals surface area contributed by atoms with Gasteiger partial charge in [0.2, 0.25) is 5.91 Å². The number of furan rings is 1. The summed E-state index contributed by atoms with van der Waals surface area (Å²) >= 11 is 0. The number of benzene rings is 1. The van der Waals surface area contributed by atoms with Gasteiger partial charge in [0.1, 0.15) is 6.04 Å². The summed E-state index contributed by atoms with van der Waals surface area (Å²) in [4.78, 5) is 27.8. The van der Waals surface area contributed by atoms with Gasteiger partial charge in [-0.05, 0) is 30.5 Å². The first-order valence-corrected chi connectivity index (χ1v) is 9.39. The Hall–Kier alpha value is -2.60. The Morgan fingerprint density at radius 3 is 2.56 bits per heavy atom. The molecule has 0 aliphatic heterocycles. The number of hydrogen-bond donors (Lipinski definition) is 1. The minimum Gasteiger partial charge on any atom is -0.459 e. The summed E-state index contributed by atoms with van der Waals surface area (Å²) in [6.45, 7) is 0.611. The van der Waals surface area contributed by atoms with E-state index in [4.69, 9.17) is 9.15 Å². The van der Waals surface area contributed by atoms with Gasteiger partial charge in [0, 0.05) is 19.7 Å². The lowest BCUT2D eigenvalue weighted by Gasteiger charge is -2.31. The van der Waals surface area contributed by atoms with E-state index in [0.717, 1.165) is 31.2 Å². The number of hydrogen-bond acceptors (Lipinski definition) is 4. The zero-order valence-electron chi connectivity index (χ0n) is 15.6. The molecule has 1 atom stereocenters. The van der Waals surface area contributed by atoms with Gasteiger partial charge in [0.25, 0.3) is 5.91 Å². The highest BCUT2D eigenvalue weighted by Crippen LogP contribution is 2.25. The first-order valence-electron chi connectivity index (χ1n) is 9.39. The van der Waals surface area contributed by atoms with Crippen LogP contribution in [-0.4, -0.2) is 43.0 Å². The Bertz CT molecular complexity index is 724. The largest absolute Gasteiger partial charge is 0.459 e. The van der Waals surface area contributed by atoms with Crippen LogP contribution in [0.5, 0.6) is 0 Å². The van der Waals surface area contributed by atoms with E-state index in [1.165, 1.54) is 11.2 Å². The number of methoxy groups -OCH3 is 1. The van der Waals surface area contributed by atoms with Crippen molar-refractivity contribution in [2.75, 3.05) is 20.3 Å². The molecule has 0 spiro atoms. The molecule has 1 aliphatic carbocycles. The van der Waals surface area contributed by atoms with Crippen molar-refractivity contribution in [2.45, 2.75) is 37.8 Å². The SMILES string of the molecule is COCCN(C(=O)c1ccco1)C(C(=O)NC1CCCC1)c1ccccc1. The second-order valence-corrected chi connectivity index (χ2v) is 6.77. The molecule has 2 aromatic rings. The zero-order valence-corrected chi connectivity index (χ0v) is 15.6. The number of amides is 2. The maximum absolute atomic E-state index is 13.2. The van der Waals surface area contributed by atoms with E-state index in [9.17, 15) is 9.59 Å². The molecule has 1 heterocycles. The minimum absolute atomic E-state index is 0.163. The number of carbonyl (C=O) groups is 2. The van der Waals surface area contributed by atoms with E-state index in [1.807, 2.05) is 30.3 Å². The van der Waals surface area contributed by atoms with Crippen LogP contribution >= 0.6 is 0 Å². The van der Waals surface area contributed by atoms with Crippen LogP contribution in [-0.2, 0) is 9.53 Å². The van der Waals surface area contributed by atoms with Crippen molar-refractivity contribution in [1.29, 1.82) is 0 Å². The van der Waals surface area contributed by atoms with Crippen LogP contribution in [0.15, 0.2) is 53.1 Å². The van der Waals surface area contributed by atoms with Crippen molar-refractivity contribution >= 4 is 11.8 Å². The second-order valence-electron chi connectivity index (χ2n) is 6.77. The Morgan fingerprint density at radius 1 is 1.19 bits per heavy atom. The molecule has 1 aliphatic rings. The van der Waals surface area contributed by atoms with Crippen molar-refractivity contribution in [3.63, 3.8) is 0 Å². The number of nitrogens with zero attached hydrogens (tertiary/aromatic N) is 1. The van der Waals surface area contributed by atoms with E-state index in [-0.39, 0.29) is 30.2 Å². The third-order valence-electron chi connectivity index (χ3n) is 4.91. The van der Waals surface area contributed by atoms with Crippen LogP contribution in [0.2, 0.25) is 0 Å². The molecule has 27 heavy (non-hydrogen) atoms. The summed E-state index contributed by atoms with van der Waals surface area (Å²) < 4.78 is 10.5. The average molecular weight is 370 g/mol. The fourth-order valence-electron chi connectivity index (χ4n) is 3.54. The Kier molecular flexibility index (Phi) is 6.65. The third-order valence-corrected chi connectivity index (χ3v) is 4.91. The lowest BCUT2D eigenvalue weighted by molar-refractivity contribution is -0.126. The van der Waals surface area contributed by atoms with Crippen LogP contribution in [0.25, 0.3) is 0 Å². The molecule has 0 saturated heterocycles. The molecular weight excluding hydrogens is 344 g/mol. The second kappa shape index (κ2) is 9.37. The Balaban J connectivity index is 1.91. The molecule has 1 aromatic heterocycles. The number of ether oxygens (including phenoxy) is 1. The molecule has 1 fully saturated rings. The highest BCUT2D eigenvalue weighted by molar-refractivity contribution is 5.96. The first-order chi connectivity index (χ1) is 13.2. The highest BCUT2D eigenvalue weighted by atomic mass is 16.5. The van der Waals surface area contributed by atoms with Crippen LogP contribution in [0.1, 0.15) is 47.8 Å². The van der Waals surface area contributed by atoms with Gasteiger partial charge in [-0.25, -0.2) is 0 Å². The molecule has 6 nitrogen and oxygen atoms in total. The summed E-state index contributed by atoms with van der Waals surface area (Å²) in [5.74, 6) is -0.280. The standard InChI is InChI=1S/C21H26N2O4/c1-26-15-13-23(21(25)18-12-7-14-27-18)19(16-8-3-2-4-9-16)20(24)22-17-10-5-6-11-17/h2-4,7-9,12,14,17,19H,5-6,10-11,13,15H2,1H3,(H,22,24). The van der Waals surface area contributed by atoms with Crippen molar-refractivity contribution in [3.8, 4) is 0 Å². The molecule has 0 radical (unpaired) electrons. The van der Waals surface area contributed by atoms with Gasteiger partial charge in [-0.3, -0.25) is 9.59 Å². The Morgan fingerprint density at radius 2 is 1.93 bits per heavy atom. The molecule has 1 aromatic carbocycles. The third kappa shape index (κ3) is 4.77. The predicted octanol–water partition coefficient (Wildman–Crippen LogP) is 3.17. The quantitative estimate of drug-likeness (QED) is 0.775. The van der Waals surface area contributed by atoms with Gasteiger partial charge in [-0.1, -0.05) is 43.2 Å². The molecule has 1 N–H and O–H groups in total. The number of nitrogens with one attached hydrogen (secondary N) is 1. The number of carbonyl (C=O) groups excluding carboxylic acids is 2. The van der Waals surface area contributed by atoms with Gasteiger partial charge >= 0.3 is 0 Å². The van der Waals surface area contributed by atoms with E-state index < -0.39 is 6.04 Å². The summed E-state index contributed by atoms with van der Waals surface area (Å²) in [6.07, 6.45) is 5.67. The maximum Gasteiger partial charge on any atom is 0.290 e. The molecule has 1 unspecified atom stereocenters. The molecule has 144 valence electrons. The van der Waals surface area contributed by atoms with Gasteiger partial charge in [0.05, 0.1) is 12.9 Å². The van der Waals surface area contributed by atoms with Crippen molar-refractivity contribution < 1.29 is 18.7 Å². The first kappa shape index (κ1) is 19.2. The average Bonchev–Trinajstić information content (AvgIpc) is 3.39. The van der Waals surface area contributed by atoms with E-state index in [1.54, 1.807) is 19.2 Å². The van der Waals surface area contributed by atoms with Crippen LogP contribution < -0.4 is 5.32 Å². The summed E-state index contributed by atoms with van der Waals surface area (Å²) in [6, 6.07) is 12.1. The maximum atomic E-state index is 13.2. The summed E-state index contributed by atoms with van der Waals surface area (Å²) in [7, 11) is 1.58. The summed E-state index contributed by atoms with van der Waals surface area (Å²) in [5.41, 5.74) is 0.768. The van der Waals surface area contributed by atoms with Crippen molar-refractivity contribution in [3.05, 3.63) is 60.1 Å². The smallest absolute Gasteiger partial charge is 0.290 e. The van der Waals surface area contributed by atoms with Crippen LogP contribution in [0, 0.1) is 0 Å². The van der Waals surface area contributed by atoms with Crippen molar-refractivity contribution in [1.82, 2.24) is 10.2 Å². The normalized spacial score (nSPS) is 15.4. The molecule has 1 saturated carbocycles.